The van der Waals surface area contributed by atoms with Gasteiger partial charge in [-0.15, -0.1) is 9.96 Å². The van der Waals surface area contributed by atoms with Crippen molar-refractivity contribution in [3.05, 3.63) is 30.1 Å². The minimum atomic E-state index is -1.39. The Morgan fingerprint density at radius 1 is 0.900 bits per heavy atom. The highest BCUT2D eigenvalue weighted by molar-refractivity contribution is 6.06. The molecule has 1 heterocycles. The molecule has 30 heavy (non-hydrogen) atoms. The van der Waals surface area contributed by atoms with Crippen molar-refractivity contribution >= 4 is 24.2 Å². The van der Waals surface area contributed by atoms with Crippen LogP contribution in [-0.2, 0) is 25.7 Å². The number of imide groups is 3. The Morgan fingerprint density at radius 3 is 1.93 bits per heavy atom. The van der Waals surface area contributed by atoms with Crippen molar-refractivity contribution in [3.63, 3.8) is 0 Å². The molecule has 0 bridgehead atoms. The Bertz CT molecular complexity index is 767. The second-order valence-corrected chi connectivity index (χ2v) is 8.26. The third-order valence-electron chi connectivity index (χ3n) is 3.13. The number of aromatic nitrogens is 1. The van der Waals surface area contributed by atoms with Crippen LogP contribution in [-0.4, -0.2) is 50.3 Å². The largest absolute Gasteiger partial charge is 0.451 e. The standard InChI is InChI=1S/C20H29N3O7/c1-8-15(24)23(17(26)29-20(5,6)7)18(27)30-22(16(25)28-19(2,3)4)13-14-11-9-10-12-21-14/h9-12H,8,13H2,1-7H3. The molecule has 0 aliphatic heterocycles. The number of rotatable bonds is 3. The summed E-state index contributed by atoms with van der Waals surface area (Å²) < 4.78 is 10.3. The van der Waals surface area contributed by atoms with Crippen molar-refractivity contribution in [2.75, 3.05) is 0 Å². The van der Waals surface area contributed by atoms with E-state index in [2.05, 4.69) is 4.98 Å². The van der Waals surface area contributed by atoms with Crippen LogP contribution in [0.4, 0.5) is 14.4 Å². The summed E-state index contributed by atoms with van der Waals surface area (Å²) in [4.78, 5) is 59.1. The number of hydroxylamine groups is 2. The lowest BCUT2D eigenvalue weighted by Gasteiger charge is -2.28. The molecule has 1 aromatic heterocycles. The van der Waals surface area contributed by atoms with Crippen LogP contribution >= 0.6 is 0 Å². The molecule has 10 heteroatoms. The number of pyridine rings is 1. The van der Waals surface area contributed by atoms with E-state index < -0.39 is 35.4 Å². The Morgan fingerprint density at radius 2 is 1.47 bits per heavy atom. The van der Waals surface area contributed by atoms with Crippen LogP contribution in [0.2, 0.25) is 0 Å². The smallest absolute Gasteiger partial charge is 0.443 e. The van der Waals surface area contributed by atoms with Gasteiger partial charge in [-0.2, -0.15) is 0 Å². The second kappa shape index (κ2) is 10.0. The van der Waals surface area contributed by atoms with Crippen LogP contribution in [0, 0.1) is 0 Å². The maximum absolute atomic E-state index is 12.7. The highest BCUT2D eigenvalue weighted by atomic mass is 16.8. The summed E-state index contributed by atoms with van der Waals surface area (Å²) in [7, 11) is 0. The van der Waals surface area contributed by atoms with E-state index in [-0.39, 0.29) is 17.9 Å². The maximum atomic E-state index is 12.7. The topological polar surface area (TPSA) is 115 Å². The van der Waals surface area contributed by atoms with Crippen molar-refractivity contribution in [2.45, 2.75) is 72.6 Å². The minimum Gasteiger partial charge on any atom is -0.443 e. The Hall–Kier alpha value is -3.17. The molecule has 0 spiro atoms. The lowest BCUT2D eigenvalue weighted by Crippen LogP contribution is -2.48. The molecule has 0 atom stereocenters. The maximum Gasteiger partial charge on any atom is 0.451 e. The van der Waals surface area contributed by atoms with Crippen LogP contribution < -0.4 is 0 Å². The highest BCUT2D eigenvalue weighted by Crippen LogP contribution is 2.16. The number of amides is 4. The fraction of sp³-hybridized carbons (Fsp3) is 0.550. The van der Waals surface area contributed by atoms with Gasteiger partial charge in [0.2, 0.25) is 5.91 Å². The number of ether oxygens (including phenoxy) is 2. The molecule has 166 valence electrons. The third kappa shape index (κ3) is 8.46. The fourth-order valence-corrected chi connectivity index (χ4v) is 1.96. The van der Waals surface area contributed by atoms with Gasteiger partial charge in [0, 0.05) is 12.6 Å². The summed E-state index contributed by atoms with van der Waals surface area (Å²) in [5.74, 6) is -0.851. The Balaban J connectivity index is 3.13. The number of carbonyl (C=O) groups excluding carboxylic acids is 4. The van der Waals surface area contributed by atoms with Crippen LogP contribution in [0.25, 0.3) is 0 Å². The fourth-order valence-electron chi connectivity index (χ4n) is 1.96. The zero-order chi connectivity index (χ0) is 23.1. The molecule has 0 aliphatic rings. The van der Waals surface area contributed by atoms with E-state index in [1.807, 2.05) is 0 Å². The van der Waals surface area contributed by atoms with Gasteiger partial charge in [-0.1, -0.05) is 13.0 Å². The summed E-state index contributed by atoms with van der Waals surface area (Å²) in [6.07, 6.45) is -2.26. The summed E-state index contributed by atoms with van der Waals surface area (Å²) in [5.41, 5.74) is -1.44. The van der Waals surface area contributed by atoms with Crippen LogP contribution in [0.1, 0.15) is 60.6 Å². The predicted octanol–water partition coefficient (Wildman–Crippen LogP) is 4.04. The van der Waals surface area contributed by atoms with Crippen LogP contribution in [0.3, 0.4) is 0 Å². The minimum absolute atomic E-state index is 0.166. The molecule has 1 rings (SSSR count). The predicted molar refractivity (Wildman–Crippen MR) is 106 cm³/mol. The van der Waals surface area contributed by atoms with Gasteiger partial charge in [0.25, 0.3) is 0 Å². The molecule has 0 unspecified atom stereocenters. The molecule has 0 fully saturated rings. The quantitative estimate of drug-likeness (QED) is 0.669. The summed E-state index contributed by atoms with van der Waals surface area (Å²) >= 11 is 0. The summed E-state index contributed by atoms with van der Waals surface area (Å²) in [6.45, 7) is 10.9. The zero-order valence-electron chi connectivity index (χ0n) is 18.4. The molecule has 1 aromatic rings. The third-order valence-corrected chi connectivity index (χ3v) is 3.13. The number of nitrogens with zero attached hydrogens (tertiary/aromatic N) is 3. The molecule has 0 aliphatic carbocycles. The number of hydrogen-bond donors (Lipinski definition) is 0. The second-order valence-electron chi connectivity index (χ2n) is 8.26. The van der Waals surface area contributed by atoms with Crippen molar-refractivity contribution in [2.24, 2.45) is 0 Å². The first kappa shape index (κ1) is 24.9. The Labute approximate surface area is 176 Å². The van der Waals surface area contributed by atoms with E-state index in [0.717, 1.165) is 0 Å². The number of hydrogen-bond acceptors (Lipinski definition) is 8. The summed E-state index contributed by atoms with van der Waals surface area (Å²) in [6, 6.07) is 4.97. The van der Waals surface area contributed by atoms with Gasteiger partial charge in [0.05, 0.1) is 5.69 Å². The monoisotopic (exact) mass is 423 g/mol. The van der Waals surface area contributed by atoms with Crippen LogP contribution in [0.5, 0.6) is 0 Å². The lowest BCUT2D eigenvalue weighted by molar-refractivity contribution is -0.138. The van der Waals surface area contributed by atoms with Gasteiger partial charge in [0.15, 0.2) is 0 Å². The molecule has 0 radical (unpaired) electrons. The average Bonchev–Trinajstić information content (AvgIpc) is 2.59. The van der Waals surface area contributed by atoms with E-state index in [1.54, 1.807) is 59.7 Å². The van der Waals surface area contributed by atoms with Crippen LogP contribution in [0.15, 0.2) is 24.4 Å². The molecular formula is C20H29N3O7. The zero-order valence-corrected chi connectivity index (χ0v) is 18.4. The first-order valence-corrected chi connectivity index (χ1v) is 9.42. The van der Waals surface area contributed by atoms with E-state index in [0.29, 0.717) is 10.8 Å². The molecule has 10 nitrogen and oxygen atoms in total. The van der Waals surface area contributed by atoms with Gasteiger partial charge in [-0.25, -0.2) is 14.4 Å². The van der Waals surface area contributed by atoms with Gasteiger partial charge in [-0.3, -0.25) is 9.78 Å². The van der Waals surface area contributed by atoms with Gasteiger partial charge in [0.1, 0.15) is 17.7 Å². The van der Waals surface area contributed by atoms with E-state index >= 15 is 0 Å². The van der Waals surface area contributed by atoms with E-state index in [1.165, 1.54) is 13.1 Å². The molecule has 0 aromatic carbocycles. The van der Waals surface area contributed by atoms with Crippen molar-refractivity contribution in [1.82, 2.24) is 14.9 Å². The molecule has 0 saturated carbocycles. The normalized spacial score (nSPS) is 11.3. The van der Waals surface area contributed by atoms with Crippen molar-refractivity contribution in [3.8, 4) is 0 Å². The average molecular weight is 423 g/mol. The first-order chi connectivity index (χ1) is 13.7. The molecule has 4 amide bonds. The van der Waals surface area contributed by atoms with Crippen molar-refractivity contribution in [1.29, 1.82) is 0 Å². The highest BCUT2D eigenvalue weighted by Gasteiger charge is 2.36. The first-order valence-electron chi connectivity index (χ1n) is 9.42. The van der Waals surface area contributed by atoms with Gasteiger partial charge >= 0.3 is 18.3 Å². The van der Waals surface area contributed by atoms with Crippen molar-refractivity contribution < 1.29 is 33.5 Å². The van der Waals surface area contributed by atoms with Gasteiger partial charge < -0.3 is 14.3 Å². The number of carbonyl (C=O) groups is 4. The SMILES string of the molecule is CCC(=O)N(C(=O)ON(Cc1ccccn1)C(=O)OC(C)(C)C)C(=O)OC(C)(C)C. The summed E-state index contributed by atoms with van der Waals surface area (Å²) in [5, 5.41) is 0.593. The molecule has 0 N–H and O–H groups in total. The lowest BCUT2D eigenvalue weighted by atomic mass is 10.2. The van der Waals surface area contributed by atoms with E-state index in [4.69, 9.17) is 14.3 Å². The molecule has 0 saturated heterocycles. The Kier molecular flexibility index (Phi) is 8.32. The molecular weight excluding hydrogens is 394 g/mol. The van der Waals surface area contributed by atoms with Gasteiger partial charge in [-0.05, 0) is 53.7 Å². The van der Waals surface area contributed by atoms with E-state index in [9.17, 15) is 19.2 Å².